The molecule has 0 radical (unpaired) electrons. The third-order valence-electron chi connectivity index (χ3n) is 4.00. The number of amides is 2. The van der Waals surface area contributed by atoms with Gasteiger partial charge in [0, 0.05) is 37.7 Å². The second-order valence-corrected chi connectivity index (χ2v) is 5.50. The van der Waals surface area contributed by atoms with Crippen LogP contribution in [0.1, 0.15) is 19.8 Å². The maximum Gasteiger partial charge on any atom is 0.417 e. The van der Waals surface area contributed by atoms with Gasteiger partial charge >= 0.3 is 5.76 Å². The fourth-order valence-electron chi connectivity index (χ4n) is 2.72. The molecule has 2 aromatic rings. The minimum absolute atomic E-state index is 0.0480. The number of aromatic nitrogens is 1. The van der Waals surface area contributed by atoms with E-state index < -0.39 is 5.76 Å². The lowest BCUT2D eigenvalue weighted by Crippen LogP contribution is -2.40. The lowest BCUT2D eigenvalue weighted by Gasteiger charge is -2.30. The second kappa shape index (κ2) is 5.67. The van der Waals surface area contributed by atoms with E-state index in [9.17, 15) is 14.4 Å². The fourth-order valence-corrected chi connectivity index (χ4v) is 2.72. The summed E-state index contributed by atoms with van der Waals surface area (Å²) in [6.07, 6.45) is 1.32. The molecular weight excluding hydrogens is 286 g/mol. The van der Waals surface area contributed by atoms with Crippen LogP contribution in [0.25, 0.3) is 11.1 Å². The lowest BCUT2D eigenvalue weighted by atomic mass is 9.96. The Morgan fingerprint density at radius 3 is 2.73 bits per heavy atom. The molecule has 0 unspecified atom stereocenters. The predicted molar refractivity (Wildman–Crippen MR) is 80.4 cm³/mol. The van der Waals surface area contributed by atoms with Gasteiger partial charge in [-0.25, -0.2) is 4.79 Å². The number of oxazole rings is 1. The smallest absolute Gasteiger partial charge is 0.408 e. The van der Waals surface area contributed by atoms with Crippen molar-refractivity contribution in [2.75, 3.05) is 18.4 Å². The van der Waals surface area contributed by atoms with Crippen LogP contribution < -0.4 is 11.1 Å². The highest BCUT2D eigenvalue weighted by Crippen LogP contribution is 2.21. The van der Waals surface area contributed by atoms with Crippen LogP contribution >= 0.6 is 0 Å². The van der Waals surface area contributed by atoms with Crippen LogP contribution in [0, 0.1) is 5.92 Å². The summed E-state index contributed by atoms with van der Waals surface area (Å²) in [5, 5.41) is 2.84. The zero-order valence-corrected chi connectivity index (χ0v) is 12.2. The highest BCUT2D eigenvalue weighted by molar-refractivity contribution is 5.94. The van der Waals surface area contributed by atoms with E-state index in [1.165, 1.54) is 0 Å². The van der Waals surface area contributed by atoms with E-state index in [1.54, 1.807) is 30.0 Å². The molecule has 0 aliphatic carbocycles. The molecule has 7 heteroatoms. The van der Waals surface area contributed by atoms with Crippen LogP contribution in [0.4, 0.5) is 5.69 Å². The largest absolute Gasteiger partial charge is 0.417 e. The summed E-state index contributed by atoms with van der Waals surface area (Å²) in [6.45, 7) is 2.76. The maximum absolute atomic E-state index is 12.3. The molecule has 0 atom stereocenters. The first kappa shape index (κ1) is 14.4. The van der Waals surface area contributed by atoms with Crippen LogP contribution in [0.15, 0.2) is 27.4 Å². The van der Waals surface area contributed by atoms with Crippen molar-refractivity contribution in [2.24, 2.45) is 5.92 Å². The van der Waals surface area contributed by atoms with Gasteiger partial charge in [0.25, 0.3) is 0 Å². The Morgan fingerprint density at radius 1 is 1.32 bits per heavy atom. The highest BCUT2D eigenvalue weighted by Gasteiger charge is 2.26. The number of benzene rings is 1. The number of hydrogen-bond acceptors (Lipinski definition) is 4. The van der Waals surface area contributed by atoms with Crippen molar-refractivity contribution in [3.8, 4) is 0 Å². The molecule has 0 spiro atoms. The Morgan fingerprint density at radius 2 is 2.05 bits per heavy atom. The molecule has 7 nitrogen and oxygen atoms in total. The molecule has 22 heavy (non-hydrogen) atoms. The van der Waals surface area contributed by atoms with Crippen molar-refractivity contribution in [1.29, 1.82) is 0 Å². The van der Waals surface area contributed by atoms with E-state index in [4.69, 9.17) is 4.42 Å². The SMILES string of the molecule is CC(=O)N1CCC(C(=O)Nc2ccc3[nH]c(=O)oc3c2)CC1. The van der Waals surface area contributed by atoms with Crippen molar-refractivity contribution < 1.29 is 14.0 Å². The van der Waals surface area contributed by atoms with Crippen molar-refractivity contribution in [2.45, 2.75) is 19.8 Å². The van der Waals surface area contributed by atoms with Gasteiger partial charge in [0.2, 0.25) is 11.8 Å². The summed E-state index contributed by atoms with van der Waals surface area (Å²) in [5.41, 5.74) is 1.60. The van der Waals surface area contributed by atoms with Gasteiger partial charge < -0.3 is 14.6 Å². The maximum atomic E-state index is 12.3. The van der Waals surface area contributed by atoms with E-state index in [1.807, 2.05) is 0 Å². The standard InChI is InChI=1S/C15H17N3O4/c1-9(19)18-6-4-10(5-7-18)14(20)16-11-2-3-12-13(8-11)22-15(21)17-12/h2-3,8,10H,4-7H2,1H3,(H,16,20)(H,17,21). The number of carbonyl (C=O) groups is 2. The number of H-pyrrole nitrogens is 1. The molecule has 0 saturated carbocycles. The van der Waals surface area contributed by atoms with Crippen LogP contribution in [-0.4, -0.2) is 34.8 Å². The number of carbonyl (C=O) groups excluding carboxylic acids is 2. The third-order valence-corrected chi connectivity index (χ3v) is 4.00. The Labute approximate surface area is 126 Å². The summed E-state index contributed by atoms with van der Waals surface area (Å²) < 4.78 is 4.97. The molecule has 0 bridgehead atoms. The normalized spacial score (nSPS) is 16.0. The second-order valence-electron chi connectivity index (χ2n) is 5.50. The van der Waals surface area contributed by atoms with E-state index in [0.29, 0.717) is 42.7 Å². The first-order valence-corrected chi connectivity index (χ1v) is 7.22. The average Bonchev–Trinajstić information content (AvgIpc) is 2.86. The summed E-state index contributed by atoms with van der Waals surface area (Å²) in [6, 6.07) is 5.03. The van der Waals surface area contributed by atoms with Crippen molar-refractivity contribution in [3.63, 3.8) is 0 Å². The minimum atomic E-state index is -0.518. The molecular formula is C15H17N3O4. The third kappa shape index (κ3) is 2.88. The average molecular weight is 303 g/mol. The first-order chi connectivity index (χ1) is 10.5. The van der Waals surface area contributed by atoms with Gasteiger partial charge in [0.05, 0.1) is 5.52 Å². The van der Waals surface area contributed by atoms with E-state index in [2.05, 4.69) is 10.3 Å². The Kier molecular flexibility index (Phi) is 3.70. The molecule has 2 N–H and O–H groups in total. The van der Waals surface area contributed by atoms with E-state index >= 15 is 0 Å². The molecule has 2 amide bonds. The molecule has 3 rings (SSSR count). The van der Waals surface area contributed by atoms with Gasteiger partial charge in [-0.15, -0.1) is 0 Å². The number of likely N-dealkylation sites (tertiary alicyclic amines) is 1. The van der Waals surface area contributed by atoms with Crippen LogP contribution in [0.5, 0.6) is 0 Å². The molecule has 1 aromatic heterocycles. The summed E-state index contributed by atoms with van der Waals surface area (Å²) in [7, 11) is 0. The topological polar surface area (TPSA) is 95.4 Å². The number of aromatic amines is 1. The predicted octanol–water partition coefficient (Wildman–Crippen LogP) is 1.32. The first-order valence-electron chi connectivity index (χ1n) is 7.22. The van der Waals surface area contributed by atoms with Crippen LogP contribution in [0.3, 0.4) is 0 Å². The molecule has 1 saturated heterocycles. The molecule has 1 aliphatic rings. The number of rotatable bonds is 2. The number of anilines is 1. The van der Waals surface area contributed by atoms with Gasteiger partial charge in [-0.3, -0.25) is 14.6 Å². The van der Waals surface area contributed by atoms with E-state index in [0.717, 1.165) is 0 Å². The lowest BCUT2D eigenvalue weighted by molar-refractivity contribution is -0.132. The van der Waals surface area contributed by atoms with E-state index in [-0.39, 0.29) is 17.7 Å². The molecule has 1 fully saturated rings. The summed E-state index contributed by atoms with van der Waals surface area (Å²) >= 11 is 0. The fraction of sp³-hybridized carbons (Fsp3) is 0.400. The highest BCUT2D eigenvalue weighted by atomic mass is 16.4. The molecule has 116 valence electrons. The molecule has 1 aromatic carbocycles. The summed E-state index contributed by atoms with van der Waals surface area (Å²) in [5.74, 6) is -0.646. The Bertz CT molecular complexity index is 768. The number of fused-ring (bicyclic) bond motifs is 1. The van der Waals surface area contributed by atoms with Crippen molar-refractivity contribution >= 4 is 28.6 Å². The van der Waals surface area contributed by atoms with Crippen molar-refractivity contribution in [3.05, 3.63) is 28.7 Å². The van der Waals surface area contributed by atoms with Crippen LogP contribution in [-0.2, 0) is 9.59 Å². The minimum Gasteiger partial charge on any atom is -0.408 e. The quantitative estimate of drug-likeness (QED) is 0.874. The number of nitrogens with one attached hydrogen (secondary N) is 2. The number of piperidine rings is 1. The monoisotopic (exact) mass is 303 g/mol. The van der Waals surface area contributed by atoms with Crippen LogP contribution in [0.2, 0.25) is 0 Å². The van der Waals surface area contributed by atoms with Gasteiger partial charge in [-0.1, -0.05) is 0 Å². The Hall–Kier alpha value is -2.57. The van der Waals surface area contributed by atoms with Gasteiger partial charge in [-0.2, -0.15) is 0 Å². The van der Waals surface area contributed by atoms with Gasteiger partial charge in [0.15, 0.2) is 5.58 Å². The molecule has 1 aliphatic heterocycles. The number of hydrogen-bond donors (Lipinski definition) is 2. The zero-order chi connectivity index (χ0) is 15.7. The molecule has 2 heterocycles. The number of nitrogens with zero attached hydrogens (tertiary/aromatic N) is 1. The van der Waals surface area contributed by atoms with Gasteiger partial charge in [-0.05, 0) is 25.0 Å². The zero-order valence-electron chi connectivity index (χ0n) is 12.2. The van der Waals surface area contributed by atoms with Crippen molar-refractivity contribution in [1.82, 2.24) is 9.88 Å². The van der Waals surface area contributed by atoms with Gasteiger partial charge in [0.1, 0.15) is 0 Å². The summed E-state index contributed by atoms with van der Waals surface area (Å²) in [4.78, 5) is 39.0. The Balaban J connectivity index is 1.65.